The van der Waals surface area contributed by atoms with E-state index in [1.54, 1.807) is 0 Å². The van der Waals surface area contributed by atoms with Gasteiger partial charge in [0.15, 0.2) is 0 Å². The van der Waals surface area contributed by atoms with Crippen LogP contribution in [0.4, 0.5) is 0 Å². The molecular weight excluding hydrogens is 206 g/mol. The van der Waals surface area contributed by atoms with Crippen LogP contribution in [0.2, 0.25) is 0 Å². The standard InChI is InChI=1S/C16H27N/c1-12(2)13-6-8-14(9-7-13)15(17)10-11-16(3,4)5/h6-9,12,15H,10-11,17H2,1-5H3. The molecule has 1 nitrogen and oxygen atoms in total. The normalized spacial score (nSPS) is 14.1. The number of nitrogens with two attached hydrogens (primary N) is 1. The van der Waals surface area contributed by atoms with Gasteiger partial charge in [0, 0.05) is 6.04 Å². The third kappa shape index (κ3) is 4.91. The lowest BCUT2D eigenvalue weighted by Gasteiger charge is -2.21. The molecule has 0 amide bonds. The average molecular weight is 233 g/mol. The molecular formula is C16H27N. The van der Waals surface area contributed by atoms with Gasteiger partial charge in [-0.2, -0.15) is 0 Å². The second-order valence-corrected chi connectivity index (χ2v) is 6.53. The van der Waals surface area contributed by atoms with Crippen LogP contribution >= 0.6 is 0 Å². The molecule has 0 saturated heterocycles. The van der Waals surface area contributed by atoms with Crippen molar-refractivity contribution in [3.05, 3.63) is 35.4 Å². The Bertz CT molecular complexity index is 330. The monoisotopic (exact) mass is 233 g/mol. The Hall–Kier alpha value is -0.820. The molecule has 0 aliphatic rings. The predicted octanol–water partition coefficient (Wildman–Crippen LogP) is 4.64. The van der Waals surface area contributed by atoms with Crippen LogP contribution in [0.25, 0.3) is 0 Å². The van der Waals surface area contributed by atoms with Gasteiger partial charge in [0.25, 0.3) is 0 Å². The topological polar surface area (TPSA) is 26.0 Å². The van der Waals surface area contributed by atoms with Gasteiger partial charge in [0.05, 0.1) is 0 Å². The Balaban J connectivity index is 2.60. The first-order valence-electron chi connectivity index (χ1n) is 6.65. The molecule has 0 radical (unpaired) electrons. The minimum absolute atomic E-state index is 0.176. The molecule has 0 aliphatic carbocycles. The van der Waals surface area contributed by atoms with Crippen molar-refractivity contribution in [1.82, 2.24) is 0 Å². The summed E-state index contributed by atoms with van der Waals surface area (Å²) in [5.41, 5.74) is 9.25. The van der Waals surface area contributed by atoms with Crippen molar-refractivity contribution in [3.63, 3.8) is 0 Å². The Morgan fingerprint density at radius 2 is 1.47 bits per heavy atom. The molecule has 1 aromatic rings. The second-order valence-electron chi connectivity index (χ2n) is 6.53. The lowest BCUT2D eigenvalue weighted by Crippen LogP contribution is -2.14. The molecule has 1 rings (SSSR count). The Kier molecular flexibility index (Phi) is 4.76. The molecule has 0 saturated carbocycles. The number of hydrogen-bond donors (Lipinski definition) is 1. The smallest absolute Gasteiger partial charge is 0.0295 e. The van der Waals surface area contributed by atoms with E-state index in [1.165, 1.54) is 17.5 Å². The van der Waals surface area contributed by atoms with Gasteiger partial charge >= 0.3 is 0 Å². The van der Waals surface area contributed by atoms with Crippen molar-refractivity contribution in [2.45, 2.75) is 59.4 Å². The lowest BCUT2D eigenvalue weighted by molar-refractivity contribution is 0.350. The molecule has 17 heavy (non-hydrogen) atoms. The van der Waals surface area contributed by atoms with E-state index in [0.29, 0.717) is 11.3 Å². The molecule has 1 heteroatoms. The van der Waals surface area contributed by atoms with E-state index in [0.717, 1.165) is 6.42 Å². The van der Waals surface area contributed by atoms with Crippen LogP contribution in [-0.2, 0) is 0 Å². The third-order valence-corrected chi connectivity index (χ3v) is 3.24. The van der Waals surface area contributed by atoms with Crippen LogP contribution in [-0.4, -0.2) is 0 Å². The average Bonchev–Trinajstić information content (AvgIpc) is 2.25. The Morgan fingerprint density at radius 3 is 1.88 bits per heavy atom. The van der Waals surface area contributed by atoms with E-state index in [1.807, 2.05) is 0 Å². The molecule has 0 heterocycles. The van der Waals surface area contributed by atoms with Crippen molar-refractivity contribution in [2.75, 3.05) is 0 Å². The molecule has 1 aromatic carbocycles. The van der Waals surface area contributed by atoms with Gasteiger partial charge in [-0.1, -0.05) is 58.9 Å². The van der Waals surface area contributed by atoms with Gasteiger partial charge in [-0.15, -0.1) is 0 Å². The highest BCUT2D eigenvalue weighted by molar-refractivity contribution is 5.26. The SMILES string of the molecule is CC(C)c1ccc(C(N)CCC(C)(C)C)cc1. The minimum atomic E-state index is 0.176. The van der Waals surface area contributed by atoms with Gasteiger partial charge in [-0.05, 0) is 35.3 Å². The van der Waals surface area contributed by atoms with Gasteiger partial charge in [-0.3, -0.25) is 0 Å². The second kappa shape index (κ2) is 5.68. The van der Waals surface area contributed by atoms with Gasteiger partial charge in [0.2, 0.25) is 0 Å². The molecule has 1 atom stereocenters. The number of rotatable bonds is 4. The Morgan fingerprint density at radius 1 is 1.00 bits per heavy atom. The maximum atomic E-state index is 6.23. The molecule has 0 spiro atoms. The van der Waals surface area contributed by atoms with E-state index < -0.39 is 0 Å². The summed E-state index contributed by atoms with van der Waals surface area (Å²) in [6.45, 7) is 11.2. The van der Waals surface area contributed by atoms with Crippen LogP contribution < -0.4 is 5.73 Å². The zero-order chi connectivity index (χ0) is 13.1. The summed E-state index contributed by atoms with van der Waals surface area (Å²) in [4.78, 5) is 0. The summed E-state index contributed by atoms with van der Waals surface area (Å²) in [7, 11) is 0. The van der Waals surface area contributed by atoms with Crippen LogP contribution in [0.3, 0.4) is 0 Å². The van der Waals surface area contributed by atoms with E-state index in [-0.39, 0.29) is 6.04 Å². The summed E-state index contributed by atoms with van der Waals surface area (Å²) >= 11 is 0. The number of benzene rings is 1. The van der Waals surface area contributed by atoms with Crippen molar-refractivity contribution in [2.24, 2.45) is 11.1 Å². The first kappa shape index (κ1) is 14.2. The van der Waals surface area contributed by atoms with Crippen molar-refractivity contribution in [3.8, 4) is 0 Å². The van der Waals surface area contributed by atoms with Gasteiger partial charge in [-0.25, -0.2) is 0 Å². The maximum Gasteiger partial charge on any atom is 0.0295 e. The molecule has 96 valence electrons. The van der Waals surface area contributed by atoms with E-state index in [2.05, 4.69) is 58.9 Å². The minimum Gasteiger partial charge on any atom is -0.324 e. The predicted molar refractivity (Wildman–Crippen MR) is 76.1 cm³/mol. The van der Waals surface area contributed by atoms with Crippen LogP contribution in [0.1, 0.15) is 70.5 Å². The van der Waals surface area contributed by atoms with E-state index >= 15 is 0 Å². The van der Waals surface area contributed by atoms with Crippen LogP contribution in [0.15, 0.2) is 24.3 Å². The van der Waals surface area contributed by atoms with Crippen LogP contribution in [0, 0.1) is 5.41 Å². The first-order valence-corrected chi connectivity index (χ1v) is 6.65. The van der Waals surface area contributed by atoms with Crippen molar-refractivity contribution < 1.29 is 0 Å². The lowest BCUT2D eigenvalue weighted by atomic mass is 9.87. The first-order chi connectivity index (χ1) is 7.79. The van der Waals surface area contributed by atoms with Crippen molar-refractivity contribution >= 4 is 0 Å². The zero-order valence-corrected chi connectivity index (χ0v) is 12.0. The highest BCUT2D eigenvalue weighted by Gasteiger charge is 2.14. The molecule has 1 unspecified atom stereocenters. The molecule has 0 aliphatic heterocycles. The molecule has 0 fully saturated rings. The summed E-state index contributed by atoms with van der Waals surface area (Å²) < 4.78 is 0. The fourth-order valence-corrected chi connectivity index (χ4v) is 1.88. The Labute approximate surface area is 106 Å². The van der Waals surface area contributed by atoms with Gasteiger partial charge in [0.1, 0.15) is 0 Å². The number of hydrogen-bond acceptors (Lipinski definition) is 1. The summed E-state index contributed by atoms with van der Waals surface area (Å²) in [6.07, 6.45) is 2.23. The fraction of sp³-hybridized carbons (Fsp3) is 0.625. The van der Waals surface area contributed by atoms with E-state index in [4.69, 9.17) is 5.73 Å². The van der Waals surface area contributed by atoms with Crippen molar-refractivity contribution in [1.29, 1.82) is 0 Å². The summed E-state index contributed by atoms with van der Waals surface area (Å²) in [5.74, 6) is 0.592. The summed E-state index contributed by atoms with van der Waals surface area (Å²) in [6, 6.07) is 8.95. The molecule has 0 aromatic heterocycles. The zero-order valence-electron chi connectivity index (χ0n) is 12.0. The highest BCUT2D eigenvalue weighted by Crippen LogP contribution is 2.26. The fourth-order valence-electron chi connectivity index (χ4n) is 1.88. The maximum absolute atomic E-state index is 6.23. The molecule has 0 bridgehead atoms. The van der Waals surface area contributed by atoms with Crippen LogP contribution in [0.5, 0.6) is 0 Å². The summed E-state index contributed by atoms with van der Waals surface area (Å²) in [5, 5.41) is 0. The van der Waals surface area contributed by atoms with Gasteiger partial charge < -0.3 is 5.73 Å². The third-order valence-electron chi connectivity index (χ3n) is 3.24. The molecule has 2 N–H and O–H groups in total. The highest BCUT2D eigenvalue weighted by atomic mass is 14.6. The quantitative estimate of drug-likeness (QED) is 0.805. The van der Waals surface area contributed by atoms with E-state index in [9.17, 15) is 0 Å². The largest absolute Gasteiger partial charge is 0.324 e.